The van der Waals surface area contributed by atoms with Gasteiger partial charge in [-0.25, -0.2) is 0 Å². The van der Waals surface area contributed by atoms with Crippen molar-refractivity contribution >= 4 is 0 Å². The summed E-state index contributed by atoms with van der Waals surface area (Å²) >= 11 is 0. The first-order chi connectivity index (χ1) is 8.63. The molecular weight excluding hydrogens is 222 g/mol. The molecular formula is C16H19NO. The Balaban J connectivity index is 2.28. The van der Waals surface area contributed by atoms with Crippen molar-refractivity contribution in [1.29, 1.82) is 5.26 Å². The van der Waals surface area contributed by atoms with Crippen molar-refractivity contribution in [1.82, 2.24) is 0 Å². The molecule has 0 saturated carbocycles. The lowest BCUT2D eigenvalue weighted by Crippen LogP contribution is -2.29. The molecule has 0 aliphatic carbocycles. The number of benzene rings is 1. The van der Waals surface area contributed by atoms with Crippen LogP contribution in [0.15, 0.2) is 36.4 Å². The van der Waals surface area contributed by atoms with Crippen LogP contribution in [0.4, 0.5) is 0 Å². The smallest absolute Gasteiger partial charge is 0.0991 e. The Morgan fingerprint density at radius 2 is 2.06 bits per heavy atom. The molecule has 0 bridgehead atoms. The monoisotopic (exact) mass is 241 g/mol. The molecule has 0 amide bonds. The molecule has 3 atom stereocenters. The topological polar surface area (TPSA) is 33.0 Å². The van der Waals surface area contributed by atoms with Crippen LogP contribution in [0, 0.1) is 23.2 Å². The Bertz CT molecular complexity index is 469. The molecule has 1 aliphatic heterocycles. The minimum atomic E-state index is 0.0824. The molecule has 1 saturated heterocycles. The van der Waals surface area contributed by atoms with Gasteiger partial charge in [-0.2, -0.15) is 5.26 Å². The van der Waals surface area contributed by atoms with Crippen molar-refractivity contribution in [3.8, 4) is 6.07 Å². The Morgan fingerprint density at radius 1 is 1.39 bits per heavy atom. The van der Waals surface area contributed by atoms with Crippen LogP contribution >= 0.6 is 0 Å². The highest BCUT2D eigenvalue weighted by atomic mass is 16.5. The average Bonchev–Trinajstić information content (AvgIpc) is 2.38. The SMILES string of the molecule is C=C(C)[C@@H]1[C@@H](C)CCO[C@H]1c1ccc(C#N)cc1. The van der Waals surface area contributed by atoms with Crippen LogP contribution < -0.4 is 0 Å². The summed E-state index contributed by atoms with van der Waals surface area (Å²) in [5, 5.41) is 8.83. The number of nitriles is 1. The van der Waals surface area contributed by atoms with Gasteiger partial charge in [-0.05, 0) is 37.0 Å². The average molecular weight is 241 g/mol. The van der Waals surface area contributed by atoms with Crippen molar-refractivity contribution in [3.05, 3.63) is 47.5 Å². The quantitative estimate of drug-likeness (QED) is 0.737. The van der Waals surface area contributed by atoms with Crippen LogP contribution in [0.1, 0.15) is 37.5 Å². The maximum atomic E-state index is 8.83. The first kappa shape index (κ1) is 12.9. The molecule has 0 unspecified atom stereocenters. The van der Waals surface area contributed by atoms with Crippen LogP contribution in [0.3, 0.4) is 0 Å². The van der Waals surface area contributed by atoms with Crippen LogP contribution in [-0.4, -0.2) is 6.61 Å². The zero-order valence-electron chi connectivity index (χ0n) is 11.0. The highest BCUT2D eigenvalue weighted by molar-refractivity contribution is 5.33. The molecule has 18 heavy (non-hydrogen) atoms. The van der Waals surface area contributed by atoms with Gasteiger partial charge in [-0.1, -0.05) is 31.2 Å². The summed E-state index contributed by atoms with van der Waals surface area (Å²) in [6.07, 6.45) is 1.17. The highest BCUT2D eigenvalue weighted by Crippen LogP contribution is 2.40. The predicted molar refractivity (Wildman–Crippen MR) is 71.9 cm³/mol. The molecule has 1 aromatic rings. The molecule has 1 heterocycles. The molecule has 1 aliphatic rings. The van der Waals surface area contributed by atoms with E-state index >= 15 is 0 Å². The van der Waals surface area contributed by atoms with Crippen molar-refractivity contribution in [2.24, 2.45) is 11.8 Å². The van der Waals surface area contributed by atoms with Crippen LogP contribution in [-0.2, 0) is 4.74 Å². The summed E-state index contributed by atoms with van der Waals surface area (Å²) in [6, 6.07) is 9.85. The van der Waals surface area contributed by atoms with E-state index in [-0.39, 0.29) is 6.10 Å². The summed E-state index contributed by atoms with van der Waals surface area (Å²) < 4.78 is 5.94. The molecule has 94 valence electrons. The molecule has 0 spiro atoms. The van der Waals surface area contributed by atoms with Gasteiger partial charge in [0.2, 0.25) is 0 Å². The largest absolute Gasteiger partial charge is 0.373 e. The lowest BCUT2D eigenvalue weighted by atomic mass is 9.78. The van der Waals surface area contributed by atoms with E-state index in [1.54, 1.807) is 0 Å². The van der Waals surface area contributed by atoms with Gasteiger partial charge in [0.05, 0.1) is 17.7 Å². The summed E-state index contributed by atoms with van der Waals surface area (Å²) in [6.45, 7) is 9.25. The standard InChI is InChI=1S/C16H19NO/c1-11(2)15-12(3)8-9-18-16(15)14-6-4-13(10-17)5-7-14/h4-7,12,15-16H,1,8-9H2,2-3H3/t12-,15+,16-/m0/s1. The maximum Gasteiger partial charge on any atom is 0.0991 e. The second-order valence-electron chi connectivity index (χ2n) is 5.16. The van der Waals surface area contributed by atoms with Gasteiger partial charge in [0.15, 0.2) is 0 Å². The Kier molecular flexibility index (Phi) is 3.84. The molecule has 0 radical (unpaired) electrons. The Hall–Kier alpha value is -1.59. The van der Waals surface area contributed by atoms with Gasteiger partial charge >= 0.3 is 0 Å². The Morgan fingerprint density at radius 3 is 2.61 bits per heavy atom. The molecule has 2 nitrogen and oxygen atoms in total. The van der Waals surface area contributed by atoms with Crippen molar-refractivity contribution < 1.29 is 4.74 Å². The van der Waals surface area contributed by atoms with Crippen LogP contribution in [0.2, 0.25) is 0 Å². The normalized spacial score (nSPS) is 27.5. The van der Waals surface area contributed by atoms with Gasteiger partial charge < -0.3 is 4.74 Å². The molecule has 0 N–H and O–H groups in total. The van der Waals surface area contributed by atoms with E-state index in [9.17, 15) is 0 Å². The van der Waals surface area contributed by atoms with E-state index < -0.39 is 0 Å². The summed E-state index contributed by atoms with van der Waals surface area (Å²) in [4.78, 5) is 0. The van der Waals surface area contributed by atoms with Crippen LogP contribution in [0.25, 0.3) is 0 Å². The lowest BCUT2D eigenvalue weighted by molar-refractivity contribution is -0.0412. The molecule has 2 rings (SSSR count). The first-order valence-corrected chi connectivity index (χ1v) is 6.40. The van der Waals surface area contributed by atoms with Crippen molar-refractivity contribution in [3.63, 3.8) is 0 Å². The number of rotatable bonds is 2. The third-order valence-corrected chi connectivity index (χ3v) is 3.75. The van der Waals surface area contributed by atoms with E-state index in [1.165, 1.54) is 5.57 Å². The zero-order valence-corrected chi connectivity index (χ0v) is 11.0. The third-order valence-electron chi connectivity index (χ3n) is 3.75. The number of nitrogens with zero attached hydrogens (tertiary/aromatic N) is 1. The van der Waals surface area contributed by atoms with Gasteiger partial charge in [0, 0.05) is 12.5 Å². The van der Waals surface area contributed by atoms with E-state index in [4.69, 9.17) is 10.00 Å². The maximum absolute atomic E-state index is 8.83. The predicted octanol–water partition coefficient (Wildman–Crippen LogP) is 3.85. The third kappa shape index (κ3) is 2.47. The van der Waals surface area contributed by atoms with E-state index in [0.717, 1.165) is 18.6 Å². The fourth-order valence-corrected chi connectivity index (χ4v) is 2.76. The number of hydrogen-bond acceptors (Lipinski definition) is 2. The summed E-state index contributed by atoms with van der Waals surface area (Å²) in [5.74, 6) is 0.962. The molecule has 2 heteroatoms. The second-order valence-corrected chi connectivity index (χ2v) is 5.16. The summed E-state index contributed by atoms with van der Waals surface area (Å²) in [7, 11) is 0. The number of ether oxygens (including phenoxy) is 1. The number of hydrogen-bond donors (Lipinski definition) is 0. The van der Waals surface area contributed by atoms with E-state index in [2.05, 4.69) is 26.5 Å². The zero-order chi connectivity index (χ0) is 13.1. The van der Waals surface area contributed by atoms with E-state index in [1.807, 2.05) is 24.3 Å². The fourth-order valence-electron chi connectivity index (χ4n) is 2.76. The molecule has 1 fully saturated rings. The van der Waals surface area contributed by atoms with Gasteiger partial charge in [-0.3, -0.25) is 0 Å². The van der Waals surface area contributed by atoms with Gasteiger partial charge in [-0.15, -0.1) is 0 Å². The molecule has 0 aromatic heterocycles. The Labute approximate surface area is 109 Å². The fraction of sp³-hybridized carbons (Fsp3) is 0.438. The lowest BCUT2D eigenvalue weighted by Gasteiger charge is -2.37. The van der Waals surface area contributed by atoms with Gasteiger partial charge in [0.1, 0.15) is 0 Å². The van der Waals surface area contributed by atoms with Crippen molar-refractivity contribution in [2.45, 2.75) is 26.4 Å². The highest BCUT2D eigenvalue weighted by Gasteiger charge is 2.33. The minimum absolute atomic E-state index is 0.0824. The minimum Gasteiger partial charge on any atom is -0.373 e. The van der Waals surface area contributed by atoms with Crippen LogP contribution in [0.5, 0.6) is 0 Å². The molecule has 1 aromatic carbocycles. The van der Waals surface area contributed by atoms with E-state index in [0.29, 0.717) is 17.4 Å². The first-order valence-electron chi connectivity index (χ1n) is 6.40. The second kappa shape index (κ2) is 5.37. The van der Waals surface area contributed by atoms with Crippen molar-refractivity contribution in [2.75, 3.05) is 6.61 Å². The van der Waals surface area contributed by atoms with Gasteiger partial charge in [0.25, 0.3) is 0 Å². The summed E-state index contributed by atoms with van der Waals surface area (Å²) in [5.41, 5.74) is 3.01.